The summed E-state index contributed by atoms with van der Waals surface area (Å²) in [6, 6.07) is 8.48. The fraction of sp³-hybridized carbons (Fsp3) is 0.167. The molecule has 1 aromatic heterocycles. The Balaban J connectivity index is 2.24. The van der Waals surface area contributed by atoms with Crippen LogP contribution in [0.4, 0.5) is 17.6 Å². The molecule has 0 N–H and O–H groups in total. The first-order valence-corrected chi connectivity index (χ1v) is 10.1. The van der Waals surface area contributed by atoms with E-state index in [1.54, 1.807) is 13.0 Å². The Morgan fingerprint density at radius 2 is 1.75 bits per heavy atom. The predicted octanol–water partition coefficient (Wildman–Crippen LogP) is 5.06. The van der Waals surface area contributed by atoms with Gasteiger partial charge in [-0.3, -0.25) is 0 Å². The Morgan fingerprint density at radius 3 is 2.29 bits per heavy atom. The number of hydrogen-bond acceptors (Lipinski definition) is 3. The molecule has 0 bridgehead atoms. The molecule has 0 aliphatic heterocycles. The van der Waals surface area contributed by atoms with Crippen LogP contribution < -0.4 is 0 Å². The van der Waals surface area contributed by atoms with Gasteiger partial charge in [0.25, 0.3) is 0 Å². The topological polar surface area (TPSA) is 52.0 Å². The lowest BCUT2D eigenvalue weighted by Crippen LogP contribution is -2.08. The van der Waals surface area contributed by atoms with Crippen LogP contribution in [-0.2, 0) is 16.0 Å². The lowest BCUT2D eigenvalue weighted by molar-refractivity contribution is -0.141. The van der Waals surface area contributed by atoms with Gasteiger partial charge in [0.15, 0.2) is 15.5 Å². The van der Waals surface area contributed by atoms with Crippen molar-refractivity contribution < 1.29 is 26.0 Å². The van der Waals surface area contributed by atoms with Crippen molar-refractivity contribution in [2.75, 3.05) is 6.26 Å². The summed E-state index contributed by atoms with van der Waals surface area (Å²) in [5.74, 6) is -1.08. The molecule has 4 nitrogen and oxygen atoms in total. The standard InChI is InChI=1S/C18H13ClF4N2O2S/c1-10-7-11(3-5-13(10)19)15-9-17(18(21,22)23)24-25(15)12-4-6-16(14(20)8-12)28(2,26)27/h3-9H,1-2H3. The van der Waals surface area contributed by atoms with Crippen molar-refractivity contribution in [2.24, 2.45) is 0 Å². The minimum Gasteiger partial charge on any atom is -0.232 e. The summed E-state index contributed by atoms with van der Waals surface area (Å²) >= 11 is 5.97. The molecule has 1 heterocycles. The zero-order valence-corrected chi connectivity index (χ0v) is 16.1. The second-order valence-corrected chi connectivity index (χ2v) is 8.57. The molecule has 2 aromatic carbocycles. The van der Waals surface area contributed by atoms with E-state index in [0.29, 0.717) is 16.1 Å². The van der Waals surface area contributed by atoms with Crippen LogP contribution >= 0.6 is 11.6 Å². The monoisotopic (exact) mass is 432 g/mol. The molecular weight excluding hydrogens is 420 g/mol. The maximum atomic E-state index is 14.3. The summed E-state index contributed by atoms with van der Waals surface area (Å²) in [4.78, 5) is -0.552. The molecule has 0 spiro atoms. The molecule has 3 aromatic rings. The minimum absolute atomic E-state index is 0.0528. The molecule has 148 valence electrons. The van der Waals surface area contributed by atoms with Crippen molar-refractivity contribution in [1.29, 1.82) is 0 Å². The van der Waals surface area contributed by atoms with Crippen molar-refractivity contribution in [1.82, 2.24) is 9.78 Å². The highest BCUT2D eigenvalue weighted by Crippen LogP contribution is 2.34. The molecular formula is C18H13ClF4N2O2S. The van der Waals surface area contributed by atoms with Gasteiger partial charge >= 0.3 is 6.18 Å². The Morgan fingerprint density at radius 1 is 1.07 bits per heavy atom. The summed E-state index contributed by atoms with van der Waals surface area (Å²) in [5, 5.41) is 3.99. The Bertz CT molecular complexity index is 1170. The van der Waals surface area contributed by atoms with Crippen molar-refractivity contribution in [3.63, 3.8) is 0 Å². The van der Waals surface area contributed by atoms with Crippen LogP contribution in [0.5, 0.6) is 0 Å². The number of aryl methyl sites for hydroxylation is 1. The van der Waals surface area contributed by atoms with Crippen LogP contribution in [0.1, 0.15) is 11.3 Å². The number of benzene rings is 2. The van der Waals surface area contributed by atoms with E-state index < -0.39 is 32.4 Å². The van der Waals surface area contributed by atoms with Gasteiger partial charge in [0.05, 0.1) is 11.4 Å². The second kappa shape index (κ2) is 6.89. The average Bonchev–Trinajstić information content (AvgIpc) is 3.01. The number of aromatic nitrogens is 2. The van der Waals surface area contributed by atoms with Gasteiger partial charge < -0.3 is 0 Å². The predicted molar refractivity (Wildman–Crippen MR) is 96.8 cm³/mol. The first-order chi connectivity index (χ1) is 12.9. The lowest BCUT2D eigenvalue weighted by Gasteiger charge is -2.10. The van der Waals surface area contributed by atoms with E-state index in [4.69, 9.17) is 11.6 Å². The highest BCUT2D eigenvalue weighted by atomic mass is 35.5. The highest BCUT2D eigenvalue weighted by molar-refractivity contribution is 7.90. The SMILES string of the molecule is Cc1cc(-c2cc(C(F)(F)F)nn2-c2ccc(S(C)(=O)=O)c(F)c2)ccc1Cl. The third-order valence-electron chi connectivity index (χ3n) is 4.01. The van der Waals surface area contributed by atoms with Crippen LogP contribution in [0.15, 0.2) is 47.4 Å². The molecule has 0 saturated heterocycles. The third kappa shape index (κ3) is 3.90. The Hall–Kier alpha value is -2.39. The van der Waals surface area contributed by atoms with E-state index in [-0.39, 0.29) is 11.4 Å². The number of sulfone groups is 1. The van der Waals surface area contributed by atoms with Gasteiger partial charge in [-0.05, 0) is 42.8 Å². The lowest BCUT2D eigenvalue weighted by atomic mass is 10.1. The number of nitrogens with zero attached hydrogens (tertiary/aromatic N) is 2. The van der Waals surface area contributed by atoms with Gasteiger partial charge in [-0.15, -0.1) is 0 Å². The molecule has 0 radical (unpaired) electrons. The maximum Gasteiger partial charge on any atom is 0.435 e. The molecule has 10 heteroatoms. The average molecular weight is 433 g/mol. The minimum atomic E-state index is -4.72. The van der Waals surface area contributed by atoms with Crippen LogP contribution in [0, 0.1) is 12.7 Å². The zero-order chi connectivity index (χ0) is 20.9. The first kappa shape index (κ1) is 20.3. The molecule has 0 amide bonds. The van der Waals surface area contributed by atoms with Crippen molar-refractivity contribution in [3.05, 3.63) is 64.6 Å². The van der Waals surface area contributed by atoms with Crippen LogP contribution in [0.2, 0.25) is 5.02 Å². The molecule has 0 atom stereocenters. The van der Waals surface area contributed by atoms with Gasteiger partial charge in [-0.2, -0.15) is 18.3 Å². The fourth-order valence-corrected chi connectivity index (χ4v) is 3.49. The van der Waals surface area contributed by atoms with Crippen molar-refractivity contribution in [3.8, 4) is 16.9 Å². The van der Waals surface area contributed by atoms with Gasteiger partial charge in [0.2, 0.25) is 0 Å². The molecule has 3 rings (SSSR count). The largest absolute Gasteiger partial charge is 0.435 e. The van der Waals surface area contributed by atoms with E-state index in [1.165, 1.54) is 18.2 Å². The fourth-order valence-electron chi connectivity index (χ4n) is 2.65. The van der Waals surface area contributed by atoms with E-state index >= 15 is 0 Å². The van der Waals surface area contributed by atoms with Crippen molar-refractivity contribution in [2.45, 2.75) is 18.0 Å². The summed E-state index contributed by atoms with van der Waals surface area (Å²) in [6.07, 6.45) is -3.88. The second-order valence-electron chi connectivity index (χ2n) is 6.18. The van der Waals surface area contributed by atoms with Crippen molar-refractivity contribution >= 4 is 21.4 Å². The van der Waals surface area contributed by atoms with E-state index in [2.05, 4.69) is 5.10 Å². The number of rotatable bonds is 3. The molecule has 0 saturated carbocycles. The van der Waals surface area contributed by atoms with Gasteiger partial charge in [-0.25, -0.2) is 17.5 Å². The summed E-state index contributed by atoms with van der Waals surface area (Å²) in [7, 11) is -3.82. The summed E-state index contributed by atoms with van der Waals surface area (Å²) < 4.78 is 77.9. The molecule has 0 unspecified atom stereocenters. The Kier molecular flexibility index (Phi) is 5.01. The Labute approximate surface area is 163 Å². The van der Waals surface area contributed by atoms with E-state index in [0.717, 1.165) is 29.1 Å². The zero-order valence-electron chi connectivity index (χ0n) is 14.6. The quantitative estimate of drug-likeness (QED) is 0.543. The van der Waals surface area contributed by atoms with E-state index in [1.807, 2.05) is 0 Å². The van der Waals surface area contributed by atoms with Gasteiger partial charge in [0.1, 0.15) is 10.7 Å². The van der Waals surface area contributed by atoms with Gasteiger partial charge in [0, 0.05) is 22.9 Å². The molecule has 0 aliphatic carbocycles. The summed E-state index contributed by atoms with van der Waals surface area (Å²) in [5.41, 5.74) is -0.138. The first-order valence-electron chi connectivity index (χ1n) is 7.81. The van der Waals surface area contributed by atoms with Gasteiger partial charge in [-0.1, -0.05) is 17.7 Å². The third-order valence-corrected chi connectivity index (χ3v) is 5.57. The molecule has 0 aliphatic rings. The number of halogens is 5. The summed E-state index contributed by atoms with van der Waals surface area (Å²) in [6.45, 7) is 1.69. The highest BCUT2D eigenvalue weighted by Gasteiger charge is 2.35. The number of hydrogen-bond donors (Lipinski definition) is 0. The normalized spacial score (nSPS) is 12.4. The molecule has 0 fully saturated rings. The van der Waals surface area contributed by atoms with Crippen LogP contribution in [-0.4, -0.2) is 24.5 Å². The smallest absolute Gasteiger partial charge is 0.232 e. The maximum absolute atomic E-state index is 14.3. The van der Waals surface area contributed by atoms with E-state index in [9.17, 15) is 26.0 Å². The van der Waals surface area contributed by atoms with Crippen LogP contribution in [0.25, 0.3) is 16.9 Å². The number of alkyl halides is 3. The van der Waals surface area contributed by atoms with Crippen LogP contribution in [0.3, 0.4) is 0 Å². The molecule has 28 heavy (non-hydrogen) atoms.